The van der Waals surface area contributed by atoms with E-state index in [2.05, 4.69) is 0 Å². The highest BCUT2D eigenvalue weighted by Gasteiger charge is 2.28. The van der Waals surface area contributed by atoms with E-state index in [1.807, 2.05) is 0 Å². The standard InChI is InChI=1S/C14H17FO3/c1-18-13-7-6-11(15)8-12(13)9-2-4-10(5-3-9)14(16)17/h6-10H,2-5H2,1H3,(H,16,17). The SMILES string of the molecule is COc1ccc(F)cc1C1CCC(C(=O)O)CC1. The van der Waals surface area contributed by atoms with Crippen LogP contribution in [0.4, 0.5) is 4.39 Å². The van der Waals surface area contributed by atoms with Crippen molar-refractivity contribution in [2.45, 2.75) is 31.6 Å². The number of ether oxygens (including phenoxy) is 1. The Labute approximate surface area is 106 Å². The third-order valence-corrected chi connectivity index (χ3v) is 3.71. The zero-order valence-electron chi connectivity index (χ0n) is 10.4. The average Bonchev–Trinajstić information content (AvgIpc) is 2.39. The number of hydrogen-bond acceptors (Lipinski definition) is 2. The van der Waals surface area contributed by atoms with Gasteiger partial charge in [-0.2, -0.15) is 0 Å². The fourth-order valence-corrected chi connectivity index (χ4v) is 2.68. The Morgan fingerprint density at radius 2 is 2.00 bits per heavy atom. The largest absolute Gasteiger partial charge is 0.496 e. The fourth-order valence-electron chi connectivity index (χ4n) is 2.68. The van der Waals surface area contributed by atoms with Gasteiger partial charge < -0.3 is 9.84 Å². The van der Waals surface area contributed by atoms with E-state index in [4.69, 9.17) is 9.84 Å². The Kier molecular flexibility index (Phi) is 3.84. The van der Waals surface area contributed by atoms with Gasteiger partial charge in [0.05, 0.1) is 13.0 Å². The third-order valence-electron chi connectivity index (χ3n) is 3.71. The van der Waals surface area contributed by atoms with Crippen molar-refractivity contribution >= 4 is 5.97 Å². The van der Waals surface area contributed by atoms with Gasteiger partial charge in [0.1, 0.15) is 11.6 Å². The summed E-state index contributed by atoms with van der Waals surface area (Å²) in [6, 6.07) is 4.52. The lowest BCUT2D eigenvalue weighted by Gasteiger charge is -2.27. The first-order chi connectivity index (χ1) is 8.61. The van der Waals surface area contributed by atoms with Gasteiger partial charge in [-0.3, -0.25) is 4.79 Å². The van der Waals surface area contributed by atoms with Gasteiger partial charge in [-0.25, -0.2) is 4.39 Å². The van der Waals surface area contributed by atoms with Crippen molar-refractivity contribution in [1.29, 1.82) is 0 Å². The summed E-state index contributed by atoms with van der Waals surface area (Å²) >= 11 is 0. The van der Waals surface area contributed by atoms with E-state index < -0.39 is 5.97 Å². The van der Waals surface area contributed by atoms with Gasteiger partial charge in [-0.05, 0) is 49.8 Å². The van der Waals surface area contributed by atoms with Crippen LogP contribution in [0.5, 0.6) is 5.75 Å². The minimum Gasteiger partial charge on any atom is -0.496 e. The molecule has 0 bridgehead atoms. The highest BCUT2D eigenvalue weighted by molar-refractivity contribution is 5.70. The topological polar surface area (TPSA) is 46.5 Å². The summed E-state index contributed by atoms with van der Waals surface area (Å²) in [5, 5.41) is 8.96. The third kappa shape index (κ3) is 2.63. The summed E-state index contributed by atoms with van der Waals surface area (Å²) in [6.45, 7) is 0. The lowest BCUT2D eigenvalue weighted by molar-refractivity contribution is -0.142. The van der Waals surface area contributed by atoms with Gasteiger partial charge in [0, 0.05) is 5.56 Å². The van der Waals surface area contributed by atoms with E-state index in [1.165, 1.54) is 12.1 Å². The van der Waals surface area contributed by atoms with E-state index in [0.717, 1.165) is 18.4 Å². The number of aliphatic carboxylic acids is 1. The van der Waals surface area contributed by atoms with Crippen LogP contribution in [-0.2, 0) is 4.79 Å². The second-order valence-electron chi connectivity index (χ2n) is 4.77. The molecule has 0 saturated heterocycles. The predicted octanol–water partition coefficient (Wildman–Crippen LogP) is 3.19. The van der Waals surface area contributed by atoms with Gasteiger partial charge in [-0.15, -0.1) is 0 Å². The van der Waals surface area contributed by atoms with Crippen LogP contribution in [0, 0.1) is 11.7 Å². The summed E-state index contributed by atoms with van der Waals surface area (Å²) in [5.74, 6) is -0.354. The maximum Gasteiger partial charge on any atom is 0.306 e. The van der Waals surface area contributed by atoms with Crippen molar-refractivity contribution in [1.82, 2.24) is 0 Å². The summed E-state index contributed by atoms with van der Waals surface area (Å²) in [4.78, 5) is 10.9. The minimum atomic E-state index is -0.723. The molecule has 18 heavy (non-hydrogen) atoms. The smallest absolute Gasteiger partial charge is 0.306 e. The molecule has 2 rings (SSSR count). The highest BCUT2D eigenvalue weighted by Crippen LogP contribution is 2.39. The van der Waals surface area contributed by atoms with Gasteiger partial charge in [0.15, 0.2) is 0 Å². The van der Waals surface area contributed by atoms with Crippen LogP contribution in [0.3, 0.4) is 0 Å². The van der Waals surface area contributed by atoms with Crippen LogP contribution in [0.1, 0.15) is 37.2 Å². The van der Waals surface area contributed by atoms with Crippen LogP contribution in [0.2, 0.25) is 0 Å². The maximum atomic E-state index is 13.3. The Hall–Kier alpha value is -1.58. The fraction of sp³-hybridized carbons (Fsp3) is 0.500. The Morgan fingerprint density at radius 1 is 1.33 bits per heavy atom. The molecule has 0 aromatic heterocycles. The molecule has 0 aliphatic heterocycles. The van der Waals surface area contributed by atoms with Crippen molar-refractivity contribution in [2.24, 2.45) is 5.92 Å². The van der Waals surface area contributed by atoms with Crippen molar-refractivity contribution in [2.75, 3.05) is 7.11 Å². The Morgan fingerprint density at radius 3 is 2.56 bits per heavy atom. The van der Waals surface area contributed by atoms with Gasteiger partial charge in [0.2, 0.25) is 0 Å². The number of carboxylic acids is 1. The van der Waals surface area contributed by atoms with Crippen molar-refractivity contribution in [3.8, 4) is 5.75 Å². The summed E-state index contributed by atoms with van der Waals surface area (Å²) in [6.07, 6.45) is 2.85. The summed E-state index contributed by atoms with van der Waals surface area (Å²) in [7, 11) is 1.57. The van der Waals surface area contributed by atoms with E-state index in [9.17, 15) is 9.18 Å². The predicted molar refractivity (Wildman–Crippen MR) is 65.3 cm³/mol. The van der Waals surface area contributed by atoms with Crippen LogP contribution in [0.15, 0.2) is 18.2 Å². The van der Waals surface area contributed by atoms with E-state index in [1.54, 1.807) is 13.2 Å². The zero-order valence-corrected chi connectivity index (χ0v) is 10.4. The van der Waals surface area contributed by atoms with Gasteiger partial charge >= 0.3 is 5.97 Å². The molecule has 4 heteroatoms. The van der Waals surface area contributed by atoms with Crippen molar-refractivity contribution in [3.63, 3.8) is 0 Å². The van der Waals surface area contributed by atoms with Crippen LogP contribution < -0.4 is 4.74 Å². The van der Waals surface area contributed by atoms with E-state index >= 15 is 0 Å². The lowest BCUT2D eigenvalue weighted by Crippen LogP contribution is -2.20. The monoisotopic (exact) mass is 252 g/mol. The van der Waals surface area contributed by atoms with Gasteiger partial charge in [0.25, 0.3) is 0 Å². The Bertz CT molecular complexity index is 437. The number of carbonyl (C=O) groups is 1. The number of benzene rings is 1. The molecule has 0 atom stereocenters. The second-order valence-corrected chi connectivity index (χ2v) is 4.77. The first-order valence-corrected chi connectivity index (χ1v) is 6.18. The molecule has 0 amide bonds. The summed E-state index contributed by atoms with van der Waals surface area (Å²) < 4.78 is 18.5. The first kappa shape index (κ1) is 12.9. The molecule has 1 saturated carbocycles. The summed E-state index contributed by atoms with van der Waals surface area (Å²) in [5.41, 5.74) is 0.862. The molecule has 1 N–H and O–H groups in total. The molecule has 0 heterocycles. The molecule has 1 fully saturated rings. The molecule has 1 aromatic carbocycles. The molecular weight excluding hydrogens is 235 g/mol. The van der Waals surface area contributed by atoms with E-state index in [0.29, 0.717) is 18.6 Å². The van der Waals surface area contributed by atoms with Crippen LogP contribution in [-0.4, -0.2) is 18.2 Å². The highest BCUT2D eigenvalue weighted by atomic mass is 19.1. The number of rotatable bonds is 3. The molecule has 1 aliphatic carbocycles. The minimum absolute atomic E-state index is 0.200. The average molecular weight is 252 g/mol. The van der Waals surface area contributed by atoms with E-state index in [-0.39, 0.29) is 17.7 Å². The molecule has 1 aliphatic rings. The molecule has 0 spiro atoms. The van der Waals surface area contributed by atoms with Crippen molar-refractivity contribution in [3.05, 3.63) is 29.6 Å². The molecule has 98 valence electrons. The number of methoxy groups -OCH3 is 1. The molecule has 0 unspecified atom stereocenters. The van der Waals surface area contributed by atoms with Crippen LogP contribution in [0.25, 0.3) is 0 Å². The van der Waals surface area contributed by atoms with Crippen LogP contribution >= 0.6 is 0 Å². The molecule has 3 nitrogen and oxygen atoms in total. The zero-order chi connectivity index (χ0) is 13.1. The maximum absolute atomic E-state index is 13.3. The number of carboxylic acid groups (broad SMARTS) is 1. The first-order valence-electron chi connectivity index (χ1n) is 6.18. The molecule has 0 radical (unpaired) electrons. The number of hydrogen-bond donors (Lipinski definition) is 1. The second kappa shape index (κ2) is 5.38. The molecule has 1 aromatic rings. The quantitative estimate of drug-likeness (QED) is 0.898. The van der Waals surface area contributed by atoms with Crippen molar-refractivity contribution < 1.29 is 19.0 Å². The Balaban J connectivity index is 2.14. The lowest BCUT2D eigenvalue weighted by atomic mass is 9.78. The number of halogens is 1. The normalized spacial score (nSPS) is 23.7. The molecular formula is C14H17FO3. The van der Waals surface area contributed by atoms with Gasteiger partial charge in [-0.1, -0.05) is 0 Å².